The Labute approximate surface area is 200 Å². The predicted molar refractivity (Wildman–Crippen MR) is 123 cm³/mol. The van der Waals surface area contributed by atoms with Crippen LogP contribution >= 0.6 is 0 Å². The fourth-order valence-electron chi connectivity index (χ4n) is 4.11. The maximum atomic E-state index is 12.9. The number of carbonyl (C=O) groups excluding carboxylic acids is 2. The molecule has 0 saturated carbocycles. The molecule has 1 unspecified atom stereocenters. The molecule has 4 rings (SSSR count). The highest BCUT2D eigenvalue weighted by Gasteiger charge is 2.33. The van der Waals surface area contributed by atoms with Gasteiger partial charge in [0.15, 0.2) is 0 Å². The van der Waals surface area contributed by atoms with Crippen LogP contribution in [0, 0.1) is 5.92 Å². The zero-order valence-corrected chi connectivity index (χ0v) is 18.7. The number of ether oxygens (including phenoxy) is 1. The lowest BCUT2D eigenvalue weighted by Gasteiger charge is -2.36. The summed E-state index contributed by atoms with van der Waals surface area (Å²) in [5.74, 6) is -0.0758. The smallest absolute Gasteiger partial charge is 0.410 e. The number of nitrogens with one attached hydrogen (secondary N) is 1. The molecule has 1 atom stereocenters. The zero-order chi connectivity index (χ0) is 24.8. The van der Waals surface area contributed by atoms with Crippen molar-refractivity contribution in [3.05, 3.63) is 95.8 Å². The van der Waals surface area contributed by atoms with Crippen molar-refractivity contribution in [1.82, 2.24) is 15.2 Å². The number of likely N-dealkylation sites (tertiary alicyclic amines) is 1. The van der Waals surface area contributed by atoms with Crippen molar-refractivity contribution in [3.63, 3.8) is 0 Å². The molecule has 2 amide bonds. The Morgan fingerprint density at radius 2 is 1.57 bits per heavy atom. The molecule has 2 aromatic carbocycles. The van der Waals surface area contributed by atoms with E-state index in [1.54, 1.807) is 29.2 Å². The number of pyridine rings is 1. The minimum absolute atomic E-state index is 0.0107. The van der Waals surface area contributed by atoms with Crippen LogP contribution in [-0.4, -0.2) is 35.0 Å². The van der Waals surface area contributed by atoms with E-state index in [-0.39, 0.29) is 17.7 Å². The summed E-state index contributed by atoms with van der Waals surface area (Å²) in [6.45, 7) is 0.905. The molecule has 3 aromatic rings. The monoisotopic (exact) mass is 483 g/mol. The summed E-state index contributed by atoms with van der Waals surface area (Å²) in [5.41, 5.74) is -0.135. The van der Waals surface area contributed by atoms with Crippen LogP contribution in [0.3, 0.4) is 0 Å². The Kier molecular flexibility index (Phi) is 7.33. The molecule has 1 aliphatic heterocycles. The highest BCUT2D eigenvalue weighted by Crippen LogP contribution is 2.32. The number of amides is 2. The summed E-state index contributed by atoms with van der Waals surface area (Å²) < 4.78 is 43.9. The Morgan fingerprint density at radius 3 is 2.14 bits per heavy atom. The van der Waals surface area contributed by atoms with Crippen LogP contribution in [-0.2, 0) is 6.18 Å². The van der Waals surface area contributed by atoms with Gasteiger partial charge in [-0.2, -0.15) is 13.2 Å². The van der Waals surface area contributed by atoms with Gasteiger partial charge in [0.05, 0.1) is 11.6 Å². The maximum Gasteiger partial charge on any atom is 0.417 e. The van der Waals surface area contributed by atoms with Crippen molar-refractivity contribution in [2.24, 2.45) is 5.92 Å². The van der Waals surface area contributed by atoms with Crippen LogP contribution in [0.15, 0.2) is 79.0 Å². The van der Waals surface area contributed by atoms with E-state index in [9.17, 15) is 22.8 Å². The molecule has 2 heterocycles. The van der Waals surface area contributed by atoms with Gasteiger partial charge in [0, 0.05) is 19.3 Å². The van der Waals surface area contributed by atoms with Gasteiger partial charge in [-0.15, -0.1) is 0 Å². The lowest BCUT2D eigenvalue weighted by Crippen LogP contribution is -2.44. The number of alkyl halides is 3. The lowest BCUT2D eigenvalue weighted by atomic mass is 9.85. The van der Waals surface area contributed by atoms with Gasteiger partial charge in [-0.25, -0.2) is 4.79 Å². The van der Waals surface area contributed by atoms with Crippen molar-refractivity contribution < 1.29 is 27.5 Å². The third-order valence-corrected chi connectivity index (χ3v) is 5.99. The van der Waals surface area contributed by atoms with Crippen molar-refractivity contribution in [1.29, 1.82) is 0 Å². The molecule has 0 radical (unpaired) electrons. The fraction of sp³-hybridized carbons (Fsp3) is 0.269. The number of halogens is 3. The number of piperidine rings is 1. The molecule has 1 N–H and O–H groups in total. The number of para-hydroxylation sites is 1. The van der Waals surface area contributed by atoms with Crippen molar-refractivity contribution in [2.75, 3.05) is 13.1 Å². The van der Waals surface area contributed by atoms with Crippen molar-refractivity contribution in [2.45, 2.75) is 25.1 Å². The summed E-state index contributed by atoms with van der Waals surface area (Å²) in [4.78, 5) is 30.7. The topological polar surface area (TPSA) is 71.5 Å². The van der Waals surface area contributed by atoms with Gasteiger partial charge in [0.1, 0.15) is 11.4 Å². The molecule has 1 saturated heterocycles. The van der Waals surface area contributed by atoms with Gasteiger partial charge in [0.25, 0.3) is 5.91 Å². The summed E-state index contributed by atoms with van der Waals surface area (Å²) in [5, 5.41) is 2.94. The van der Waals surface area contributed by atoms with E-state index in [1.807, 2.05) is 36.4 Å². The Morgan fingerprint density at radius 1 is 0.943 bits per heavy atom. The molecule has 35 heavy (non-hydrogen) atoms. The van der Waals surface area contributed by atoms with E-state index >= 15 is 0 Å². The van der Waals surface area contributed by atoms with Gasteiger partial charge in [0.2, 0.25) is 0 Å². The first kappa shape index (κ1) is 24.3. The molecular weight excluding hydrogens is 459 g/mol. The lowest BCUT2D eigenvalue weighted by molar-refractivity contribution is -0.137. The Bertz CT molecular complexity index is 1130. The number of carbonyl (C=O) groups is 2. The molecule has 9 heteroatoms. The molecule has 1 aromatic heterocycles. The zero-order valence-electron chi connectivity index (χ0n) is 18.7. The van der Waals surface area contributed by atoms with Crippen molar-refractivity contribution in [3.8, 4) is 5.75 Å². The van der Waals surface area contributed by atoms with E-state index in [4.69, 9.17) is 4.74 Å². The molecule has 0 bridgehead atoms. The summed E-state index contributed by atoms with van der Waals surface area (Å²) in [7, 11) is 0. The van der Waals surface area contributed by atoms with Gasteiger partial charge in [-0.3, -0.25) is 9.78 Å². The SMILES string of the molecule is O=C(NC(c1ccccc1)C1CCN(C(=O)Oc2ccccc2)CC1)c1ccc(C(F)(F)F)cn1. The minimum atomic E-state index is -4.52. The molecule has 6 nitrogen and oxygen atoms in total. The first-order chi connectivity index (χ1) is 16.8. The molecule has 0 spiro atoms. The second-order valence-electron chi connectivity index (χ2n) is 8.30. The normalized spacial score (nSPS) is 15.3. The predicted octanol–water partition coefficient (Wildman–Crippen LogP) is 5.48. The van der Waals surface area contributed by atoms with Crippen LogP contribution in [0.4, 0.5) is 18.0 Å². The number of rotatable bonds is 5. The summed E-state index contributed by atoms with van der Waals surface area (Å²) in [6.07, 6.45) is -3.06. The maximum absolute atomic E-state index is 12.9. The number of hydrogen-bond acceptors (Lipinski definition) is 4. The molecule has 1 fully saturated rings. The molecule has 0 aliphatic carbocycles. The van der Waals surface area contributed by atoms with Gasteiger partial charge in [-0.05, 0) is 48.6 Å². The van der Waals surface area contributed by atoms with E-state index in [1.165, 1.54) is 0 Å². The Hall–Kier alpha value is -3.88. The number of benzene rings is 2. The van der Waals surface area contributed by atoms with E-state index in [0.29, 0.717) is 37.9 Å². The van der Waals surface area contributed by atoms with Gasteiger partial charge >= 0.3 is 12.3 Å². The average Bonchev–Trinajstić information content (AvgIpc) is 2.88. The van der Waals surface area contributed by atoms with Gasteiger partial charge < -0.3 is 15.0 Å². The molecule has 1 aliphatic rings. The van der Waals surface area contributed by atoms with Crippen molar-refractivity contribution >= 4 is 12.0 Å². The standard InChI is InChI=1S/C26H24F3N3O3/c27-26(28,29)20-11-12-22(30-17-20)24(33)31-23(18-7-3-1-4-8-18)19-13-15-32(16-14-19)25(34)35-21-9-5-2-6-10-21/h1-12,17,19,23H,13-16H2,(H,31,33). The highest BCUT2D eigenvalue weighted by atomic mass is 19.4. The summed E-state index contributed by atoms with van der Waals surface area (Å²) >= 11 is 0. The summed E-state index contributed by atoms with van der Waals surface area (Å²) in [6, 6.07) is 19.7. The highest BCUT2D eigenvalue weighted by molar-refractivity contribution is 5.92. The van der Waals surface area contributed by atoms with E-state index in [0.717, 1.165) is 17.7 Å². The molecule has 182 valence electrons. The first-order valence-corrected chi connectivity index (χ1v) is 11.2. The van der Waals surface area contributed by atoms with Crippen LogP contribution < -0.4 is 10.1 Å². The second kappa shape index (κ2) is 10.6. The van der Waals surface area contributed by atoms with Crippen LogP contribution in [0.25, 0.3) is 0 Å². The number of nitrogens with zero attached hydrogens (tertiary/aromatic N) is 2. The second-order valence-corrected chi connectivity index (χ2v) is 8.30. The Balaban J connectivity index is 1.43. The van der Waals surface area contributed by atoms with Gasteiger partial charge in [-0.1, -0.05) is 48.5 Å². The number of aromatic nitrogens is 1. The quantitative estimate of drug-likeness (QED) is 0.522. The third-order valence-electron chi connectivity index (χ3n) is 5.99. The third kappa shape index (κ3) is 6.17. The average molecular weight is 483 g/mol. The van der Waals surface area contributed by atoms with E-state index in [2.05, 4.69) is 10.3 Å². The first-order valence-electron chi connectivity index (χ1n) is 11.2. The van der Waals surface area contributed by atoms with E-state index < -0.39 is 23.7 Å². The largest absolute Gasteiger partial charge is 0.417 e. The number of hydrogen-bond donors (Lipinski definition) is 1. The van der Waals surface area contributed by atoms with Crippen LogP contribution in [0.5, 0.6) is 5.75 Å². The van der Waals surface area contributed by atoms with Crippen LogP contribution in [0.2, 0.25) is 0 Å². The fourth-order valence-corrected chi connectivity index (χ4v) is 4.11. The van der Waals surface area contributed by atoms with Crippen LogP contribution in [0.1, 0.15) is 40.5 Å². The minimum Gasteiger partial charge on any atom is -0.410 e. The molecular formula is C26H24F3N3O3.